The zero-order chi connectivity index (χ0) is 12.2. The third kappa shape index (κ3) is 3.58. The first-order valence-corrected chi connectivity index (χ1v) is 5.73. The van der Waals surface area contributed by atoms with E-state index in [1.165, 1.54) is 0 Å². The molecule has 1 heterocycles. The van der Waals surface area contributed by atoms with Crippen LogP contribution in [-0.4, -0.2) is 27.2 Å². The molecule has 1 aromatic rings. The van der Waals surface area contributed by atoms with Crippen molar-refractivity contribution in [1.82, 2.24) is 9.97 Å². The smallest absolute Gasteiger partial charge is 0.239 e. The number of halogens is 1. The average Bonchev–Trinajstić information content (AvgIpc) is 2.28. The third-order valence-electron chi connectivity index (χ3n) is 2.27. The highest BCUT2D eigenvalue weighted by Crippen LogP contribution is 2.21. The number of hydrogen-bond donors (Lipinski definition) is 4. The van der Waals surface area contributed by atoms with Crippen LogP contribution in [-0.2, 0) is 0 Å². The maximum Gasteiger partial charge on any atom is 0.239 e. The molecule has 0 bridgehead atoms. The quantitative estimate of drug-likeness (QED) is 0.479. The van der Waals surface area contributed by atoms with E-state index in [4.69, 9.17) is 5.84 Å². The van der Waals surface area contributed by atoms with E-state index in [1.54, 1.807) is 13.1 Å². The van der Waals surface area contributed by atoms with Gasteiger partial charge in [-0.1, -0.05) is 6.92 Å². The molecule has 0 radical (unpaired) electrons. The first-order valence-electron chi connectivity index (χ1n) is 4.94. The number of aromatic nitrogens is 2. The first-order chi connectivity index (χ1) is 7.48. The molecular formula is C9H16BrN5O. The van der Waals surface area contributed by atoms with E-state index in [9.17, 15) is 5.11 Å². The Morgan fingerprint density at radius 3 is 2.88 bits per heavy atom. The Balaban J connectivity index is 2.73. The molecule has 0 amide bonds. The summed E-state index contributed by atoms with van der Waals surface area (Å²) in [6.07, 6.45) is 2.25. The largest absolute Gasteiger partial charge is 0.388 e. The third-order valence-corrected chi connectivity index (χ3v) is 2.85. The fourth-order valence-electron chi connectivity index (χ4n) is 0.960. The van der Waals surface area contributed by atoms with Gasteiger partial charge in [-0.3, -0.25) is 5.43 Å². The molecule has 0 aliphatic carbocycles. The van der Waals surface area contributed by atoms with Crippen LogP contribution in [0.5, 0.6) is 0 Å². The maximum absolute atomic E-state index is 9.84. The molecule has 6 nitrogen and oxygen atoms in total. The van der Waals surface area contributed by atoms with Crippen LogP contribution in [0.25, 0.3) is 0 Å². The average molecular weight is 290 g/mol. The van der Waals surface area contributed by atoms with E-state index >= 15 is 0 Å². The van der Waals surface area contributed by atoms with E-state index in [0.29, 0.717) is 24.7 Å². The van der Waals surface area contributed by atoms with Crippen LogP contribution < -0.4 is 16.6 Å². The van der Waals surface area contributed by atoms with Crippen molar-refractivity contribution < 1.29 is 5.11 Å². The van der Waals surface area contributed by atoms with Crippen molar-refractivity contribution in [3.8, 4) is 0 Å². The van der Waals surface area contributed by atoms with Crippen molar-refractivity contribution in [2.75, 3.05) is 17.3 Å². The highest BCUT2D eigenvalue weighted by atomic mass is 79.9. The zero-order valence-corrected chi connectivity index (χ0v) is 10.9. The number of nitrogens with one attached hydrogen (secondary N) is 2. The van der Waals surface area contributed by atoms with Gasteiger partial charge in [0.25, 0.3) is 0 Å². The van der Waals surface area contributed by atoms with Crippen LogP contribution in [0.1, 0.15) is 20.3 Å². The molecule has 0 saturated heterocycles. The van der Waals surface area contributed by atoms with Crippen LogP contribution in [0, 0.1) is 0 Å². The van der Waals surface area contributed by atoms with Crippen LogP contribution in [0.2, 0.25) is 0 Å². The topological polar surface area (TPSA) is 96.1 Å². The summed E-state index contributed by atoms with van der Waals surface area (Å²) in [7, 11) is 0. The summed E-state index contributed by atoms with van der Waals surface area (Å²) in [6.45, 7) is 4.09. The Labute approximate surface area is 103 Å². The summed E-state index contributed by atoms with van der Waals surface area (Å²) in [5.74, 6) is 6.12. The number of hydrogen-bond acceptors (Lipinski definition) is 6. The fraction of sp³-hybridized carbons (Fsp3) is 0.556. The number of aliphatic hydroxyl groups is 1. The molecule has 0 aromatic carbocycles. The summed E-state index contributed by atoms with van der Waals surface area (Å²) >= 11 is 3.31. The maximum atomic E-state index is 9.84. The molecule has 0 aliphatic heterocycles. The Hall–Kier alpha value is -0.920. The number of rotatable bonds is 5. The Bertz CT molecular complexity index is 358. The normalized spacial score (nSPS) is 14.3. The van der Waals surface area contributed by atoms with Gasteiger partial charge in [-0.2, -0.15) is 4.98 Å². The van der Waals surface area contributed by atoms with Gasteiger partial charge >= 0.3 is 0 Å². The van der Waals surface area contributed by atoms with Crippen molar-refractivity contribution in [1.29, 1.82) is 0 Å². The van der Waals surface area contributed by atoms with Gasteiger partial charge in [0, 0.05) is 12.7 Å². The minimum absolute atomic E-state index is 0.321. The van der Waals surface area contributed by atoms with Crippen LogP contribution in [0.4, 0.5) is 11.8 Å². The SMILES string of the molecule is CCC(C)(O)CNc1nc(NN)ncc1Br. The molecule has 1 aromatic heterocycles. The molecular weight excluding hydrogens is 274 g/mol. The second-order valence-corrected chi connectivity index (χ2v) is 4.59. The summed E-state index contributed by atoms with van der Waals surface area (Å²) < 4.78 is 0.721. The van der Waals surface area contributed by atoms with Crippen LogP contribution >= 0.6 is 15.9 Å². The standard InChI is InChI=1S/C9H16BrN5O/c1-3-9(2,16)5-13-7-6(10)4-12-8(14-7)15-11/h4,16H,3,5,11H2,1-2H3,(H2,12,13,14,15). The highest BCUT2D eigenvalue weighted by Gasteiger charge is 2.17. The summed E-state index contributed by atoms with van der Waals surface area (Å²) in [5.41, 5.74) is 1.60. The van der Waals surface area contributed by atoms with Gasteiger partial charge in [0.15, 0.2) is 0 Å². The molecule has 90 valence electrons. The second kappa shape index (κ2) is 5.42. The zero-order valence-electron chi connectivity index (χ0n) is 9.29. The molecule has 5 N–H and O–H groups in total. The predicted octanol–water partition coefficient (Wildman–Crippen LogP) is 1.10. The Morgan fingerprint density at radius 1 is 1.62 bits per heavy atom. The lowest BCUT2D eigenvalue weighted by molar-refractivity contribution is 0.0696. The van der Waals surface area contributed by atoms with Crippen molar-refractivity contribution in [2.45, 2.75) is 25.9 Å². The predicted molar refractivity (Wildman–Crippen MR) is 66.9 cm³/mol. The molecule has 0 saturated carbocycles. The lowest BCUT2D eigenvalue weighted by Crippen LogP contribution is -2.32. The van der Waals surface area contributed by atoms with E-state index in [0.717, 1.165) is 4.47 Å². The number of nitrogens with zero attached hydrogens (tertiary/aromatic N) is 2. The number of nitrogens with two attached hydrogens (primary N) is 1. The minimum atomic E-state index is -0.763. The van der Waals surface area contributed by atoms with Gasteiger partial charge < -0.3 is 10.4 Å². The summed E-state index contributed by atoms with van der Waals surface area (Å²) in [4.78, 5) is 8.04. The molecule has 0 fully saturated rings. The lowest BCUT2D eigenvalue weighted by atomic mass is 10.0. The van der Waals surface area contributed by atoms with Crippen molar-refractivity contribution in [3.05, 3.63) is 10.7 Å². The Morgan fingerprint density at radius 2 is 2.31 bits per heavy atom. The number of nitrogen functional groups attached to an aromatic ring is 1. The van der Waals surface area contributed by atoms with Gasteiger partial charge in [0.05, 0.1) is 10.1 Å². The van der Waals surface area contributed by atoms with E-state index in [2.05, 4.69) is 36.6 Å². The molecule has 16 heavy (non-hydrogen) atoms. The number of anilines is 2. The fourth-order valence-corrected chi connectivity index (χ4v) is 1.29. The molecule has 1 atom stereocenters. The lowest BCUT2D eigenvalue weighted by Gasteiger charge is -2.22. The van der Waals surface area contributed by atoms with Gasteiger partial charge in [-0.15, -0.1) is 0 Å². The summed E-state index contributed by atoms with van der Waals surface area (Å²) in [5, 5.41) is 12.9. The van der Waals surface area contributed by atoms with Crippen LogP contribution in [0.15, 0.2) is 10.7 Å². The second-order valence-electron chi connectivity index (χ2n) is 3.74. The van der Waals surface area contributed by atoms with Gasteiger partial charge in [0.2, 0.25) is 5.95 Å². The number of hydrazine groups is 1. The first kappa shape index (κ1) is 13.1. The van der Waals surface area contributed by atoms with Gasteiger partial charge in [-0.25, -0.2) is 10.8 Å². The van der Waals surface area contributed by atoms with Crippen LogP contribution in [0.3, 0.4) is 0 Å². The van der Waals surface area contributed by atoms with Crippen molar-refractivity contribution >= 4 is 27.7 Å². The van der Waals surface area contributed by atoms with Gasteiger partial charge in [0.1, 0.15) is 5.82 Å². The molecule has 0 aliphatic rings. The molecule has 0 spiro atoms. The Kier molecular flexibility index (Phi) is 4.45. The van der Waals surface area contributed by atoms with E-state index < -0.39 is 5.60 Å². The highest BCUT2D eigenvalue weighted by molar-refractivity contribution is 9.10. The van der Waals surface area contributed by atoms with Gasteiger partial charge in [-0.05, 0) is 29.3 Å². The monoisotopic (exact) mass is 289 g/mol. The minimum Gasteiger partial charge on any atom is -0.388 e. The molecule has 1 unspecified atom stereocenters. The summed E-state index contributed by atoms with van der Waals surface area (Å²) in [6, 6.07) is 0. The van der Waals surface area contributed by atoms with Crippen molar-refractivity contribution in [2.24, 2.45) is 5.84 Å². The van der Waals surface area contributed by atoms with E-state index in [-0.39, 0.29) is 0 Å². The van der Waals surface area contributed by atoms with E-state index in [1.807, 2.05) is 6.92 Å². The molecule has 1 rings (SSSR count). The van der Waals surface area contributed by atoms with Crippen molar-refractivity contribution in [3.63, 3.8) is 0 Å². The molecule has 7 heteroatoms.